The third kappa shape index (κ3) is 3.63. The van der Waals surface area contributed by atoms with E-state index in [0.29, 0.717) is 6.04 Å². The number of nitrogens with zero attached hydrogens (tertiary/aromatic N) is 2. The Kier molecular flexibility index (Phi) is 4.82. The van der Waals surface area contributed by atoms with Crippen molar-refractivity contribution in [3.63, 3.8) is 0 Å². The molecule has 1 unspecified atom stereocenters. The summed E-state index contributed by atoms with van der Waals surface area (Å²) in [5.41, 5.74) is 9.25. The Balaban J connectivity index is 2.96. The van der Waals surface area contributed by atoms with Crippen LogP contribution in [0.3, 0.4) is 0 Å². The van der Waals surface area contributed by atoms with Gasteiger partial charge in [0.1, 0.15) is 0 Å². The third-order valence-electron chi connectivity index (χ3n) is 3.04. The number of anilines is 2. The van der Waals surface area contributed by atoms with Gasteiger partial charge in [-0.1, -0.05) is 6.07 Å². The zero-order valence-electron chi connectivity index (χ0n) is 11.7. The quantitative estimate of drug-likeness (QED) is 0.795. The molecular formula is C14H25N3. The van der Waals surface area contributed by atoms with E-state index >= 15 is 0 Å². The van der Waals surface area contributed by atoms with Gasteiger partial charge in [0.25, 0.3) is 0 Å². The number of likely N-dealkylation sites (N-methyl/N-ethyl adjacent to an activating group) is 2. The molecule has 0 saturated heterocycles. The average molecular weight is 235 g/mol. The summed E-state index contributed by atoms with van der Waals surface area (Å²) in [5.74, 6) is 0. The molecule has 17 heavy (non-hydrogen) atoms. The molecule has 2 N–H and O–H groups in total. The van der Waals surface area contributed by atoms with Gasteiger partial charge in [-0.05, 0) is 52.6 Å². The molecule has 0 aliphatic rings. The first kappa shape index (κ1) is 13.8. The molecule has 0 radical (unpaired) electrons. The van der Waals surface area contributed by atoms with Gasteiger partial charge in [-0.2, -0.15) is 0 Å². The molecule has 0 fully saturated rings. The van der Waals surface area contributed by atoms with Crippen molar-refractivity contribution in [2.75, 3.05) is 37.8 Å². The van der Waals surface area contributed by atoms with Crippen LogP contribution in [0.5, 0.6) is 0 Å². The number of hydrogen-bond acceptors (Lipinski definition) is 3. The Labute approximate surface area is 105 Å². The SMILES string of the molecule is CCN(c1cc(N)ccc1C)C(C)CN(C)C. The van der Waals surface area contributed by atoms with Crippen LogP contribution in [0.25, 0.3) is 0 Å². The van der Waals surface area contributed by atoms with Gasteiger partial charge in [0, 0.05) is 30.5 Å². The Morgan fingerprint density at radius 3 is 2.47 bits per heavy atom. The summed E-state index contributed by atoms with van der Waals surface area (Å²) in [6.07, 6.45) is 0. The van der Waals surface area contributed by atoms with Crippen molar-refractivity contribution >= 4 is 11.4 Å². The van der Waals surface area contributed by atoms with Crippen LogP contribution in [0.15, 0.2) is 18.2 Å². The Morgan fingerprint density at radius 1 is 1.29 bits per heavy atom. The molecular weight excluding hydrogens is 210 g/mol. The van der Waals surface area contributed by atoms with Crippen molar-refractivity contribution in [1.82, 2.24) is 4.90 Å². The summed E-state index contributed by atoms with van der Waals surface area (Å²) in [6, 6.07) is 6.61. The molecule has 0 aliphatic heterocycles. The molecule has 3 nitrogen and oxygen atoms in total. The molecule has 1 aromatic rings. The van der Waals surface area contributed by atoms with Crippen molar-refractivity contribution in [2.24, 2.45) is 0 Å². The predicted molar refractivity (Wildman–Crippen MR) is 76.6 cm³/mol. The van der Waals surface area contributed by atoms with Crippen LogP contribution in [0.1, 0.15) is 19.4 Å². The summed E-state index contributed by atoms with van der Waals surface area (Å²) in [5, 5.41) is 0. The third-order valence-corrected chi connectivity index (χ3v) is 3.04. The highest BCUT2D eigenvalue weighted by atomic mass is 15.2. The Bertz CT molecular complexity index is 360. The van der Waals surface area contributed by atoms with E-state index in [9.17, 15) is 0 Å². The number of hydrogen-bond donors (Lipinski definition) is 1. The first-order valence-corrected chi connectivity index (χ1v) is 6.23. The number of aryl methyl sites for hydroxylation is 1. The van der Waals surface area contributed by atoms with Crippen molar-refractivity contribution in [3.8, 4) is 0 Å². The lowest BCUT2D eigenvalue weighted by atomic mass is 10.1. The fourth-order valence-electron chi connectivity index (χ4n) is 2.28. The lowest BCUT2D eigenvalue weighted by Crippen LogP contribution is -2.40. The van der Waals surface area contributed by atoms with Gasteiger partial charge >= 0.3 is 0 Å². The molecule has 0 bridgehead atoms. The zero-order chi connectivity index (χ0) is 13.0. The Morgan fingerprint density at radius 2 is 1.94 bits per heavy atom. The molecule has 1 aromatic carbocycles. The fraction of sp³-hybridized carbons (Fsp3) is 0.571. The van der Waals surface area contributed by atoms with Gasteiger partial charge < -0.3 is 15.5 Å². The van der Waals surface area contributed by atoms with E-state index in [4.69, 9.17) is 5.73 Å². The van der Waals surface area contributed by atoms with E-state index in [2.05, 4.69) is 56.8 Å². The van der Waals surface area contributed by atoms with Crippen molar-refractivity contribution in [1.29, 1.82) is 0 Å². The maximum Gasteiger partial charge on any atom is 0.0419 e. The molecule has 0 aromatic heterocycles. The van der Waals surface area contributed by atoms with E-state index in [1.165, 1.54) is 11.3 Å². The second-order valence-corrected chi connectivity index (χ2v) is 4.94. The van der Waals surface area contributed by atoms with E-state index in [1.807, 2.05) is 6.07 Å². The summed E-state index contributed by atoms with van der Waals surface area (Å²) in [7, 11) is 4.22. The first-order valence-electron chi connectivity index (χ1n) is 6.23. The minimum Gasteiger partial charge on any atom is -0.399 e. The summed E-state index contributed by atoms with van der Waals surface area (Å²) < 4.78 is 0. The summed E-state index contributed by atoms with van der Waals surface area (Å²) in [4.78, 5) is 4.63. The van der Waals surface area contributed by atoms with Crippen molar-refractivity contribution in [2.45, 2.75) is 26.8 Å². The monoisotopic (exact) mass is 235 g/mol. The normalized spacial score (nSPS) is 12.8. The van der Waals surface area contributed by atoms with Gasteiger partial charge in [-0.25, -0.2) is 0 Å². The van der Waals surface area contributed by atoms with Gasteiger partial charge in [0.05, 0.1) is 0 Å². The van der Waals surface area contributed by atoms with E-state index < -0.39 is 0 Å². The predicted octanol–water partition coefficient (Wildman–Crippen LogP) is 2.35. The van der Waals surface area contributed by atoms with Crippen LogP contribution in [-0.2, 0) is 0 Å². The van der Waals surface area contributed by atoms with Crippen LogP contribution < -0.4 is 10.6 Å². The minimum absolute atomic E-state index is 0.482. The number of benzene rings is 1. The van der Waals surface area contributed by atoms with E-state index in [-0.39, 0.29) is 0 Å². The van der Waals surface area contributed by atoms with Crippen molar-refractivity contribution < 1.29 is 0 Å². The molecule has 1 rings (SSSR count). The van der Waals surface area contributed by atoms with Crippen LogP contribution in [0.2, 0.25) is 0 Å². The highest BCUT2D eigenvalue weighted by molar-refractivity contribution is 5.61. The standard InChI is InChI=1S/C14H25N3/c1-6-17(12(3)10-16(4)5)14-9-13(15)8-7-11(14)2/h7-9,12H,6,10,15H2,1-5H3. The summed E-state index contributed by atoms with van der Waals surface area (Å²) in [6.45, 7) is 8.63. The number of rotatable bonds is 5. The van der Waals surface area contributed by atoms with Gasteiger partial charge in [-0.3, -0.25) is 0 Å². The lowest BCUT2D eigenvalue weighted by molar-refractivity contribution is 0.373. The van der Waals surface area contributed by atoms with Crippen LogP contribution in [-0.4, -0.2) is 38.1 Å². The lowest BCUT2D eigenvalue weighted by Gasteiger charge is -2.33. The molecule has 1 atom stereocenters. The minimum atomic E-state index is 0.482. The van der Waals surface area contributed by atoms with Crippen molar-refractivity contribution in [3.05, 3.63) is 23.8 Å². The molecule has 0 saturated carbocycles. The number of nitrogen functional groups attached to an aromatic ring is 1. The summed E-state index contributed by atoms with van der Waals surface area (Å²) >= 11 is 0. The van der Waals surface area contributed by atoms with Gasteiger partial charge in [0.15, 0.2) is 0 Å². The Hall–Kier alpha value is -1.22. The highest BCUT2D eigenvalue weighted by Crippen LogP contribution is 2.24. The van der Waals surface area contributed by atoms with Crippen LogP contribution in [0, 0.1) is 6.92 Å². The van der Waals surface area contributed by atoms with E-state index in [0.717, 1.165) is 18.8 Å². The topological polar surface area (TPSA) is 32.5 Å². The largest absolute Gasteiger partial charge is 0.399 e. The molecule has 3 heteroatoms. The zero-order valence-corrected chi connectivity index (χ0v) is 11.7. The van der Waals surface area contributed by atoms with Crippen LogP contribution in [0.4, 0.5) is 11.4 Å². The molecule has 96 valence electrons. The molecule has 0 aliphatic carbocycles. The molecule has 0 amide bonds. The maximum atomic E-state index is 5.88. The average Bonchev–Trinajstić information content (AvgIpc) is 2.23. The van der Waals surface area contributed by atoms with E-state index in [1.54, 1.807) is 0 Å². The van der Waals surface area contributed by atoms with Gasteiger partial charge in [0.2, 0.25) is 0 Å². The second-order valence-electron chi connectivity index (χ2n) is 4.94. The second kappa shape index (κ2) is 5.92. The smallest absolute Gasteiger partial charge is 0.0419 e. The fourth-order valence-corrected chi connectivity index (χ4v) is 2.28. The van der Waals surface area contributed by atoms with Crippen LogP contribution >= 0.6 is 0 Å². The first-order chi connectivity index (χ1) is 7.95. The molecule has 0 spiro atoms. The maximum absolute atomic E-state index is 5.88. The highest BCUT2D eigenvalue weighted by Gasteiger charge is 2.15. The van der Waals surface area contributed by atoms with Gasteiger partial charge in [-0.15, -0.1) is 0 Å². The molecule has 0 heterocycles. The number of nitrogens with two attached hydrogens (primary N) is 1.